The van der Waals surface area contributed by atoms with Crippen molar-refractivity contribution in [3.8, 4) is 0 Å². The molecule has 2 saturated heterocycles. The minimum atomic E-state index is -0.873. The minimum absolute atomic E-state index is 0.118. The first kappa shape index (κ1) is 20.8. The Bertz CT molecular complexity index is 955. The van der Waals surface area contributed by atoms with E-state index in [9.17, 15) is 9.90 Å². The highest BCUT2D eigenvalue weighted by Gasteiger charge is 2.47. The van der Waals surface area contributed by atoms with Crippen molar-refractivity contribution in [3.63, 3.8) is 0 Å². The summed E-state index contributed by atoms with van der Waals surface area (Å²) in [6, 6.07) is 4.11. The Labute approximate surface area is 183 Å². The first-order valence-corrected chi connectivity index (χ1v) is 11.9. The molecule has 0 aromatic carbocycles. The zero-order valence-corrected chi connectivity index (χ0v) is 18.4. The fourth-order valence-corrected chi connectivity index (χ4v) is 5.39. The summed E-state index contributed by atoms with van der Waals surface area (Å²) in [6.45, 7) is 3.30. The average molecular weight is 424 g/mol. The van der Waals surface area contributed by atoms with Gasteiger partial charge in [-0.2, -0.15) is 5.10 Å². The smallest absolute Gasteiger partial charge is 0.266 e. The van der Waals surface area contributed by atoms with Crippen LogP contribution in [0, 0.1) is 0 Å². The second kappa shape index (κ2) is 8.43. The highest BCUT2D eigenvalue weighted by atomic mass is 16.3. The molecule has 1 N–H and O–H groups in total. The van der Waals surface area contributed by atoms with Crippen molar-refractivity contribution < 1.29 is 5.11 Å². The normalized spacial score (nSPS) is 28.2. The number of piperidine rings is 1. The van der Waals surface area contributed by atoms with Gasteiger partial charge in [-0.15, -0.1) is 0 Å². The van der Waals surface area contributed by atoms with E-state index in [0.29, 0.717) is 37.4 Å². The summed E-state index contributed by atoms with van der Waals surface area (Å²) < 4.78 is 1.51. The van der Waals surface area contributed by atoms with Crippen molar-refractivity contribution >= 4 is 0 Å². The number of hydrogen-bond donors (Lipinski definition) is 1. The Morgan fingerprint density at radius 3 is 2.45 bits per heavy atom. The van der Waals surface area contributed by atoms with Gasteiger partial charge in [0.25, 0.3) is 5.56 Å². The molecule has 2 aliphatic heterocycles. The van der Waals surface area contributed by atoms with Crippen molar-refractivity contribution in [3.05, 3.63) is 52.0 Å². The van der Waals surface area contributed by atoms with Crippen molar-refractivity contribution in [2.75, 3.05) is 0 Å². The van der Waals surface area contributed by atoms with Crippen LogP contribution in [0.5, 0.6) is 0 Å². The summed E-state index contributed by atoms with van der Waals surface area (Å²) in [7, 11) is 0. The Balaban J connectivity index is 1.25. The van der Waals surface area contributed by atoms with E-state index in [1.54, 1.807) is 6.07 Å². The van der Waals surface area contributed by atoms with Crippen LogP contribution in [0.4, 0.5) is 0 Å². The standard InChI is InChI=1S/C24H33N5O2/c1-2-3-4-22-25-13-17(14-26-22)15-28-19-7-8-20(28)12-24(31,11-19)16-29-23(30)10-9-21(27-29)18-5-6-18/h9-10,13-14,18-20,31H,2-8,11-12,15-16H2,1H3/t19-,20-/m1/s1. The SMILES string of the molecule is CCCCc1ncc(CN2[C@@H]3CC[C@@H]2CC(O)(Cn2nc(C4CC4)ccc2=O)C3)cn1. The maximum Gasteiger partial charge on any atom is 0.266 e. The van der Waals surface area contributed by atoms with Crippen LogP contribution in [0.25, 0.3) is 0 Å². The number of aliphatic hydroxyl groups is 1. The molecule has 2 aromatic rings. The second-order valence-corrected chi connectivity index (χ2v) is 9.83. The third kappa shape index (κ3) is 4.58. The van der Waals surface area contributed by atoms with Gasteiger partial charge >= 0.3 is 0 Å². The molecule has 1 saturated carbocycles. The molecule has 2 bridgehead atoms. The zero-order chi connectivity index (χ0) is 21.4. The van der Waals surface area contributed by atoms with Gasteiger partial charge in [-0.25, -0.2) is 14.6 Å². The van der Waals surface area contributed by atoms with E-state index in [1.165, 1.54) is 4.68 Å². The number of fused-ring (bicyclic) bond motifs is 2. The molecule has 7 heteroatoms. The third-order valence-corrected chi connectivity index (χ3v) is 7.21. The van der Waals surface area contributed by atoms with Crippen LogP contribution in [0.2, 0.25) is 0 Å². The van der Waals surface area contributed by atoms with Crippen LogP contribution in [0.15, 0.2) is 29.3 Å². The molecule has 0 amide bonds. The van der Waals surface area contributed by atoms with E-state index >= 15 is 0 Å². The Kier molecular flexibility index (Phi) is 5.65. The molecule has 5 rings (SSSR count). The van der Waals surface area contributed by atoms with Crippen molar-refractivity contribution in [1.29, 1.82) is 0 Å². The largest absolute Gasteiger partial charge is 0.388 e. The van der Waals surface area contributed by atoms with Gasteiger partial charge in [-0.1, -0.05) is 13.3 Å². The average Bonchev–Trinajstić information content (AvgIpc) is 3.57. The number of nitrogens with zero attached hydrogens (tertiary/aromatic N) is 5. The molecule has 3 fully saturated rings. The molecule has 2 atom stereocenters. The van der Waals surface area contributed by atoms with Gasteiger partial charge < -0.3 is 5.11 Å². The fourth-order valence-electron chi connectivity index (χ4n) is 5.39. The molecule has 1 aliphatic carbocycles. The predicted octanol–water partition coefficient (Wildman–Crippen LogP) is 2.81. The first-order valence-electron chi connectivity index (χ1n) is 11.9. The molecule has 4 heterocycles. The van der Waals surface area contributed by atoms with E-state index in [4.69, 9.17) is 0 Å². The summed E-state index contributed by atoms with van der Waals surface area (Å²) in [6.07, 6.45) is 13.0. The molecule has 7 nitrogen and oxygen atoms in total. The van der Waals surface area contributed by atoms with Crippen molar-refractivity contribution in [1.82, 2.24) is 24.6 Å². The Hall–Kier alpha value is -2.12. The maximum absolute atomic E-state index is 12.4. The van der Waals surface area contributed by atoms with E-state index in [2.05, 4.69) is 26.9 Å². The molecule has 166 valence electrons. The summed E-state index contributed by atoms with van der Waals surface area (Å²) in [4.78, 5) is 24.0. The Morgan fingerprint density at radius 1 is 1.10 bits per heavy atom. The molecule has 3 aliphatic rings. The summed E-state index contributed by atoms with van der Waals surface area (Å²) in [5, 5.41) is 16.0. The molecular weight excluding hydrogens is 390 g/mol. The number of hydrogen-bond acceptors (Lipinski definition) is 6. The maximum atomic E-state index is 12.4. The lowest BCUT2D eigenvalue weighted by molar-refractivity contribution is -0.0678. The Morgan fingerprint density at radius 2 is 1.81 bits per heavy atom. The predicted molar refractivity (Wildman–Crippen MR) is 118 cm³/mol. The van der Waals surface area contributed by atoms with E-state index < -0.39 is 5.60 Å². The molecule has 0 radical (unpaired) electrons. The quantitative estimate of drug-likeness (QED) is 0.703. The number of aryl methyl sites for hydroxylation is 1. The summed E-state index contributed by atoms with van der Waals surface area (Å²) >= 11 is 0. The number of rotatable bonds is 8. The van der Waals surface area contributed by atoms with Crippen LogP contribution in [0.3, 0.4) is 0 Å². The van der Waals surface area contributed by atoms with Gasteiger partial charge in [0.05, 0.1) is 17.8 Å². The highest BCUT2D eigenvalue weighted by Crippen LogP contribution is 2.42. The van der Waals surface area contributed by atoms with Crippen LogP contribution in [-0.2, 0) is 19.5 Å². The van der Waals surface area contributed by atoms with Gasteiger partial charge in [0.2, 0.25) is 0 Å². The first-order chi connectivity index (χ1) is 15.0. The van der Waals surface area contributed by atoms with Crippen molar-refractivity contribution in [2.24, 2.45) is 0 Å². The fraction of sp³-hybridized carbons (Fsp3) is 0.667. The van der Waals surface area contributed by atoms with Crippen LogP contribution < -0.4 is 5.56 Å². The van der Waals surface area contributed by atoms with Crippen LogP contribution >= 0.6 is 0 Å². The van der Waals surface area contributed by atoms with Crippen molar-refractivity contribution in [2.45, 2.75) is 101 Å². The molecule has 0 unspecified atom stereocenters. The third-order valence-electron chi connectivity index (χ3n) is 7.21. The summed E-state index contributed by atoms with van der Waals surface area (Å²) in [5.74, 6) is 1.42. The highest BCUT2D eigenvalue weighted by molar-refractivity contribution is 5.13. The topological polar surface area (TPSA) is 84.1 Å². The van der Waals surface area contributed by atoms with Gasteiger partial charge in [0.15, 0.2) is 0 Å². The number of unbranched alkanes of at least 4 members (excludes halogenated alkanes) is 1. The molecule has 31 heavy (non-hydrogen) atoms. The molecule has 2 aromatic heterocycles. The zero-order valence-electron chi connectivity index (χ0n) is 18.4. The van der Waals surface area contributed by atoms with E-state index in [0.717, 1.165) is 68.6 Å². The van der Waals surface area contributed by atoms with E-state index in [1.807, 2.05) is 18.5 Å². The monoisotopic (exact) mass is 423 g/mol. The lowest BCUT2D eigenvalue weighted by atomic mass is 9.85. The lowest BCUT2D eigenvalue weighted by Gasteiger charge is -2.43. The van der Waals surface area contributed by atoms with Crippen LogP contribution in [0.1, 0.15) is 81.3 Å². The lowest BCUT2D eigenvalue weighted by Crippen LogP contribution is -2.53. The van der Waals surface area contributed by atoms with Gasteiger partial charge in [-0.05, 0) is 51.0 Å². The van der Waals surface area contributed by atoms with E-state index in [-0.39, 0.29) is 5.56 Å². The van der Waals surface area contributed by atoms with Gasteiger partial charge in [0.1, 0.15) is 5.82 Å². The minimum Gasteiger partial charge on any atom is -0.388 e. The second-order valence-electron chi connectivity index (χ2n) is 9.83. The number of aromatic nitrogens is 4. The molecule has 0 spiro atoms. The summed E-state index contributed by atoms with van der Waals surface area (Å²) in [5.41, 5.74) is 1.14. The van der Waals surface area contributed by atoms with Crippen LogP contribution in [-0.4, -0.2) is 47.4 Å². The van der Waals surface area contributed by atoms with Gasteiger partial charge in [-0.3, -0.25) is 9.69 Å². The van der Waals surface area contributed by atoms with Gasteiger partial charge in [0, 0.05) is 55.0 Å². The molecular formula is C24H33N5O2.